The summed E-state index contributed by atoms with van der Waals surface area (Å²) in [7, 11) is 1.26. The van der Waals surface area contributed by atoms with Crippen LogP contribution in [0.4, 0.5) is 14.4 Å². The number of imide groups is 1. The number of nitrogens with one attached hydrogen (secondary N) is 8. The fourth-order valence-electron chi connectivity index (χ4n) is 12.4. The van der Waals surface area contributed by atoms with Gasteiger partial charge in [0.2, 0.25) is 11.8 Å². The second-order valence-corrected chi connectivity index (χ2v) is 26.1. The lowest BCUT2D eigenvalue weighted by Gasteiger charge is -2.36. The van der Waals surface area contributed by atoms with Crippen LogP contribution in [-0.4, -0.2) is 224 Å². The second kappa shape index (κ2) is 40.9. The molecular weight excluding hydrogens is 1240 g/mol. The Morgan fingerprint density at radius 1 is 0.705 bits per heavy atom. The highest BCUT2D eigenvalue weighted by molar-refractivity contribution is 6.04. The highest BCUT2D eigenvalue weighted by Gasteiger charge is 2.59. The number of hydrogen-bond donors (Lipinski definition) is 14. The lowest BCUT2D eigenvalue weighted by Crippen LogP contribution is -2.66. The van der Waals surface area contributed by atoms with Gasteiger partial charge in [-0.15, -0.1) is 0 Å². The smallest absolute Gasteiger partial charge is 0.330 e. The molecule has 0 aliphatic carbocycles. The van der Waals surface area contributed by atoms with E-state index in [2.05, 4.69) is 61.0 Å². The summed E-state index contributed by atoms with van der Waals surface area (Å²) in [5.74, 6) is -5.22. The number of rotatable bonds is 44. The molecule has 3 saturated heterocycles. The van der Waals surface area contributed by atoms with Crippen LogP contribution in [0.5, 0.6) is 0 Å². The van der Waals surface area contributed by atoms with Crippen molar-refractivity contribution in [1.29, 1.82) is 0 Å². The molecule has 2 unspecified atom stereocenters. The molecule has 0 radical (unpaired) electrons. The monoisotopic (exact) mass is 1350 g/mol. The first kappa shape index (κ1) is 79.2. The minimum absolute atomic E-state index is 0.0433. The van der Waals surface area contributed by atoms with Crippen molar-refractivity contribution in [3.8, 4) is 0 Å². The summed E-state index contributed by atoms with van der Waals surface area (Å²) in [5, 5.41) is 75.1. The van der Waals surface area contributed by atoms with Crippen molar-refractivity contribution in [3.05, 3.63) is 33.1 Å². The van der Waals surface area contributed by atoms with Gasteiger partial charge < -0.3 is 92.3 Å². The number of nitrogens with zero attached hydrogens (tertiary/aromatic N) is 4. The molecule has 1 aromatic rings. The molecule has 0 saturated carbocycles. The first-order chi connectivity index (χ1) is 45.4. The van der Waals surface area contributed by atoms with E-state index in [0.717, 1.165) is 90.8 Å². The Bertz CT molecular complexity index is 2720. The number of hydrogen-bond acceptors (Lipinski definition) is 20. The van der Waals surface area contributed by atoms with Crippen molar-refractivity contribution >= 4 is 47.7 Å². The fraction of sp³-hybridized carbons (Fsp3) is 0.812. The summed E-state index contributed by atoms with van der Waals surface area (Å²) in [6.45, 7) is 10.4. The quantitative estimate of drug-likeness (QED) is 0.0328. The largest absolute Gasteiger partial charge is 0.480 e. The summed E-state index contributed by atoms with van der Waals surface area (Å²) in [5.41, 5.74) is 4.17. The zero-order chi connectivity index (χ0) is 69.7. The number of aliphatic carboxylic acids is 1. The van der Waals surface area contributed by atoms with E-state index in [1.54, 1.807) is 27.7 Å². The average molecular weight is 1350 g/mol. The minimum Gasteiger partial charge on any atom is -0.480 e. The standard InChI is InChI=1S/C64H111N13O18/c1-8-10-12-14-16-18-20-22-24-26-31-68-61(88)69-37-41-48(80)53(92-7)59(93-41)95-51(52-49(81)50(82)57(94-52)77-36-30-42(78)71-63(77)90)46-56(85)76(34-27-25-23-21-19-17-15-13-11-9-2)64(91)75(46)35-28-32-66-54(83)45(47(79)39(5)6)72-55(84)44(40-29-33-67-60(65)70-40)74-62(89)73-43(38(3)4)58(86)87/h30,36,38-41,43-53,57,59,79-82H,8-29,31-35,37H2,1-7H3,(H,66,83)(H,72,84)(H,86,87)(H3,65,67,70)(H2,68,69,88)(H,71,78,90)(H2,73,74,89)/t40-,41+,43-,44-,45-,46?,47-,48+,49-,50+,51?,52-,53+,57+,59-/m0/s1. The van der Waals surface area contributed by atoms with Crippen LogP contribution in [0.2, 0.25) is 0 Å². The number of amides is 9. The van der Waals surface area contributed by atoms with Gasteiger partial charge in [-0.1, -0.05) is 157 Å². The molecule has 0 spiro atoms. The van der Waals surface area contributed by atoms with Crippen LogP contribution < -0.4 is 54.2 Å². The number of ether oxygens (including phenoxy) is 4. The molecule has 31 nitrogen and oxygen atoms in total. The van der Waals surface area contributed by atoms with Crippen LogP contribution in [0.1, 0.15) is 189 Å². The van der Waals surface area contributed by atoms with Gasteiger partial charge in [0, 0.05) is 58.6 Å². The van der Waals surface area contributed by atoms with E-state index in [9.17, 15) is 63.9 Å². The molecule has 95 heavy (non-hydrogen) atoms. The Balaban J connectivity index is 1.40. The number of aliphatic hydroxyl groups is 4. The molecule has 4 aliphatic rings. The third kappa shape index (κ3) is 23.9. The molecule has 15 atom stereocenters. The Hall–Kier alpha value is -6.48. The van der Waals surface area contributed by atoms with Crippen LogP contribution in [0.25, 0.3) is 0 Å². The van der Waals surface area contributed by atoms with Gasteiger partial charge in [0.05, 0.1) is 12.1 Å². The number of carboxylic acids is 1. The summed E-state index contributed by atoms with van der Waals surface area (Å²) in [6, 6.07) is -8.49. The molecule has 5 heterocycles. The maximum absolute atomic E-state index is 15.2. The van der Waals surface area contributed by atoms with Gasteiger partial charge >= 0.3 is 29.8 Å². The van der Waals surface area contributed by atoms with Gasteiger partial charge in [-0.3, -0.25) is 38.6 Å². The summed E-state index contributed by atoms with van der Waals surface area (Å²) < 4.78 is 25.7. The van der Waals surface area contributed by atoms with Gasteiger partial charge in [0.15, 0.2) is 18.5 Å². The number of aliphatic hydroxyl groups excluding tert-OH is 4. The highest BCUT2D eigenvalue weighted by atomic mass is 16.7. The Labute approximate surface area is 556 Å². The number of methoxy groups -OCH3 is 1. The number of urea groups is 3. The predicted molar refractivity (Wildman–Crippen MR) is 350 cm³/mol. The van der Waals surface area contributed by atoms with Crippen LogP contribution in [0.15, 0.2) is 26.8 Å². The van der Waals surface area contributed by atoms with E-state index < -0.39 is 156 Å². The van der Waals surface area contributed by atoms with Crippen molar-refractivity contribution in [2.45, 2.75) is 274 Å². The number of nitrogens with two attached hydrogens (primary N) is 1. The van der Waals surface area contributed by atoms with E-state index in [1.807, 2.05) is 0 Å². The molecule has 31 heteroatoms. The van der Waals surface area contributed by atoms with Gasteiger partial charge in [0.25, 0.3) is 11.5 Å². The Morgan fingerprint density at radius 3 is 1.87 bits per heavy atom. The number of H-pyrrole nitrogens is 1. The van der Waals surface area contributed by atoms with Gasteiger partial charge in [0.1, 0.15) is 66.9 Å². The van der Waals surface area contributed by atoms with Crippen molar-refractivity contribution in [2.24, 2.45) is 22.6 Å². The molecule has 5 rings (SSSR count). The van der Waals surface area contributed by atoms with Gasteiger partial charge in [-0.05, 0) is 37.5 Å². The SMILES string of the molecule is CCCCCCCCCCCCNC(=O)NC[C@H]1O[C@@H](OC(C2C(=O)N(CCCCCCCCCCCC)C(=O)N2CCCNC(=O)[C@@H](NC(=O)[C@@H](NC(=O)N[C@H](C(=O)O)C(C)C)[C@@H]2CCN=C(N)N2)[C@@H](O)C(C)C)[C@H]2O[C@@H](n3ccc(=O)[nH]c3=O)[C@H](O)[C@@H]2O)[C@H](OC)[C@@H]1O. The third-order valence-electron chi connectivity index (χ3n) is 18.0. The zero-order valence-electron chi connectivity index (χ0n) is 56.7. The number of aliphatic imine (C=N–C) groups is 1. The topological polar surface area (TPSA) is 441 Å². The Kier molecular flexibility index (Phi) is 34.1. The summed E-state index contributed by atoms with van der Waals surface area (Å²) >= 11 is 0. The average Bonchev–Trinajstić information content (AvgIpc) is 1.60. The van der Waals surface area contributed by atoms with Gasteiger partial charge in [-0.2, -0.15) is 0 Å². The molecular formula is C64H111N13O18. The maximum atomic E-state index is 15.2. The zero-order valence-corrected chi connectivity index (χ0v) is 56.7. The van der Waals surface area contributed by atoms with Crippen molar-refractivity contribution < 1.29 is 78.0 Å². The number of carbonyl (C=O) groups is 7. The molecule has 4 aliphatic heterocycles. The third-order valence-corrected chi connectivity index (χ3v) is 18.0. The van der Waals surface area contributed by atoms with E-state index in [0.29, 0.717) is 19.4 Å². The predicted octanol–water partition coefficient (Wildman–Crippen LogP) is 1.88. The first-order valence-corrected chi connectivity index (χ1v) is 34.6. The van der Waals surface area contributed by atoms with Crippen molar-refractivity contribution in [3.63, 3.8) is 0 Å². The summed E-state index contributed by atoms with van der Waals surface area (Å²) in [4.78, 5) is 131. The van der Waals surface area contributed by atoms with Crippen LogP contribution in [-0.2, 0) is 38.1 Å². The molecule has 9 amide bonds. The Morgan fingerprint density at radius 2 is 1.31 bits per heavy atom. The molecule has 15 N–H and O–H groups in total. The molecule has 0 aromatic carbocycles. The van der Waals surface area contributed by atoms with E-state index in [4.69, 9.17) is 24.7 Å². The number of aromatic nitrogens is 2. The van der Waals surface area contributed by atoms with Gasteiger partial charge in [-0.25, -0.2) is 24.0 Å². The van der Waals surface area contributed by atoms with Crippen LogP contribution in [0.3, 0.4) is 0 Å². The number of carboxylic acid groups (broad SMARTS) is 1. The molecule has 0 bridgehead atoms. The number of guanidine groups is 1. The molecule has 540 valence electrons. The van der Waals surface area contributed by atoms with E-state index in [-0.39, 0.29) is 51.5 Å². The van der Waals surface area contributed by atoms with Crippen molar-refractivity contribution in [2.75, 3.05) is 46.4 Å². The van der Waals surface area contributed by atoms with Crippen LogP contribution >= 0.6 is 0 Å². The fourth-order valence-corrected chi connectivity index (χ4v) is 12.4. The lowest BCUT2D eigenvalue weighted by molar-refractivity contribution is -0.233. The molecule has 3 fully saturated rings. The molecule has 1 aromatic heterocycles. The minimum atomic E-state index is -1.97. The number of carbonyl (C=O) groups excluding carboxylic acids is 6. The maximum Gasteiger partial charge on any atom is 0.330 e. The summed E-state index contributed by atoms with van der Waals surface area (Å²) in [6.07, 6.45) is 5.54. The second-order valence-electron chi connectivity index (χ2n) is 26.1. The number of aromatic amines is 1. The first-order valence-electron chi connectivity index (χ1n) is 34.6. The highest BCUT2D eigenvalue weighted by Crippen LogP contribution is 2.38. The van der Waals surface area contributed by atoms with Crippen molar-refractivity contribution in [1.82, 2.24) is 56.6 Å². The van der Waals surface area contributed by atoms with Crippen LogP contribution in [0, 0.1) is 11.8 Å². The normalized spacial score (nSPS) is 24.4. The van der Waals surface area contributed by atoms with E-state index in [1.165, 1.54) is 58.5 Å². The number of unbranched alkanes of at least 4 members (excludes halogenated alkanes) is 18. The van der Waals surface area contributed by atoms with E-state index >= 15 is 4.79 Å². The lowest BCUT2D eigenvalue weighted by atomic mass is 9.97.